The van der Waals surface area contributed by atoms with Gasteiger partial charge in [-0.3, -0.25) is 9.36 Å². The molecule has 8 nitrogen and oxygen atoms in total. The Morgan fingerprint density at radius 1 is 1.33 bits per heavy atom. The van der Waals surface area contributed by atoms with Crippen LogP contribution in [0, 0.1) is 5.92 Å². The number of nitrogens with zero attached hydrogens (tertiary/aromatic N) is 2. The number of rotatable bonds is 4. The van der Waals surface area contributed by atoms with E-state index < -0.39 is 27.7 Å². The van der Waals surface area contributed by atoms with Gasteiger partial charge in [0.25, 0.3) is 0 Å². The van der Waals surface area contributed by atoms with Crippen LogP contribution >= 0.6 is 0 Å². The van der Waals surface area contributed by atoms with Crippen LogP contribution < -0.4 is 5.76 Å². The second-order valence-electron chi connectivity index (χ2n) is 5.76. The molecular formula is C15H18N2O6S. The predicted molar refractivity (Wildman–Crippen MR) is 85.3 cm³/mol. The lowest BCUT2D eigenvalue weighted by atomic mass is 9.99. The van der Waals surface area contributed by atoms with Crippen molar-refractivity contribution in [2.45, 2.75) is 31.2 Å². The lowest BCUT2D eigenvalue weighted by molar-refractivity contribution is -0.142. The molecule has 0 spiro atoms. The van der Waals surface area contributed by atoms with Crippen LogP contribution in [-0.2, 0) is 21.4 Å². The number of oxazole rings is 1. The monoisotopic (exact) mass is 354 g/mol. The second-order valence-corrected chi connectivity index (χ2v) is 7.70. The first-order chi connectivity index (χ1) is 11.3. The number of sulfonamides is 1. The fourth-order valence-electron chi connectivity index (χ4n) is 3.00. The standard InChI is InChI=1S/C15H18N2O6S/c1-2-17-12-4-3-11(9-13(12)23-15(17)20)24(21,22)16-7-5-10(6-8-16)14(18)19/h3-4,9-10H,2,5-8H2,1H3,(H,18,19). The summed E-state index contributed by atoms with van der Waals surface area (Å²) in [6, 6.07) is 4.35. The average molecular weight is 354 g/mol. The molecule has 0 bridgehead atoms. The summed E-state index contributed by atoms with van der Waals surface area (Å²) >= 11 is 0. The van der Waals surface area contributed by atoms with Gasteiger partial charge in [-0.15, -0.1) is 0 Å². The number of carboxylic acid groups (broad SMARTS) is 1. The van der Waals surface area contributed by atoms with Gasteiger partial charge in [-0.05, 0) is 31.9 Å². The fraction of sp³-hybridized carbons (Fsp3) is 0.467. The Bertz CT molecular complexity index is 935. The van der Waals surface area contributed by atoms with Gasteiger partial charge < -0.3 is 9.52 Å². The normalized spacial score (nSPS) is 17.4. The van der Waals surface area contributed by atoms with Crippen molar-refractivity contribution >= 4 is 27.1 Å². The van der Waals surface area contributed by atoms with Crippen molar-refractivity contribution in [3.05, 3.63) is 28.7 Å². The Balaban J connectivity index is 1.92. The molecule has 1 aliphatic heterocycles. The van der Waals surface area contributed by atoms with E-state index in [9.17, 15) is 18.0 Å². The van der Waals surface area contributed by atoms with E-state index in [0.29, 0.717) is 12.1 Å². The Hall–Kier alpha value is -2.13. The number of carbonyl (C=O) groups is 1. The molecule has 9 heteroatoms. The number of aromatic nitrogens is 1. The van der Waals surface area contributed by atoms with Gasteiger partial charge >= 0.3 is 11.7 Å². The molecule has 130 valence electrons. The van der Waals surface area contributed by atoms with Gasteiger partial charge in [0, 0.05) is 25.7 Å². The molecule has 0 radical (unpaired) electrons. The topological polar surface area (TPSA) is 110 Å². The minimum Gasteiger partial charge on any atom is -0.481 e. The van der Waals surface area contributed by atoms with Crippen LogP contribution in [-0.4, -0.2) is 41.5 Å². The molecule has 1 aliphatic rings. The first kappa shape index (κ1) is 16.7. The maximum Gasteiger partial charge on any atom is 0.419 e. The summed E-state index contributed by atoms with van der Waals surface area (Å²) in [5.41, 5.74) is 0.773. The maximum absolute atomic E-state index is 12.7. The molecule has 1 aromatic heterocycles. The second kappa shape index (κ2) is 6.06. The number of benzene rings is 1. The van der Waals surface area contributed by atoms with Crippen LogP contribution in [0.4, 0.5) is 0 Å². The van der Waals surface area contributed by atoms with E-state index in [4.69, 9.17) is 9.52 Å². The molecule has 1 fully saturated rings. The van der Waals surface area contributed by atoms with E-state index in [2.05, 4.69) is 0 Å². The number of fused-ring (bicyclic) bond motifs is 1. The van der Waals surface area contributed by atoms with Crippen molar-refractivity contribution in [3.63, 3.8) is 0 Å². The minimum absolute atomic E-state index is 0.0424. The molecule has 24 heavy (non-hydrogen) atoms. The van der Waals surface area contributed by atoms with Crippen LogP contribution in [0.1, 0.15) is 19.8 Å². The largest absolute Gasteiger partial charge is 0.481 e. The van der Waals surface area contributed by atoms with E-state index in [0.717, 1.165) is 0 Å². The minimum atomic E-state index is -3.74. The third-order valence-electron chi connectivity index (χ3n) is 4.40. The molecule has 2 aromatic rings. The van der Waals surface area contributed by atoms with E-state index >= 15 is 0 Å². The number of aryl methyl sites for hydroxylation is 1. The van der Waals surface area contributed by atoms with E-state index in [1.807, 2.05) is 0 Å². The zero-order valence-corrected chi connectivity index (χ0v) is 14.0. The maximum atomic E-state index is 12.7. The highest BCUT2D eigenvalue weighted by Gasteiger charge is 2.32. The SMILES string of the molecule is CCn1c(=O)oc2cc(S(=O)(=O)N3CCC(C(=O)O)CC3)ccc21. The summed E-state index contributed by atoms with van der Waals surface area (Å²) in [4.78, 5) is 22.7. The van der Waals surface area contributed by atoms with Crippen molar-refractivity contribution in [3.8, 4) is 0 Å². The van der Waals surface area contributed by atoms with Gasteiger partial charge in [-0.2, -0.15) is 4.31 Å². The number of piperidine rings is 1. The fourth-order valence-corrected chi connectivity index (χ4v) is 4.48. The number of hydrogen-bond donors (Lipinski definition) is 1. The molecule has 1 N–H and O–H groups in total. The highest BCUT2D eigenvalue weighted by Crippen LogP contribution is 2.26. The van der Waals surface area contributed by atoms with Crippen molar-refractivity contribution in [2.75, 3.05) is 13.1 Å². The van der Waals surface area contributed by atoms with Crippen LogP contribution in [0.2, 0.25) is 0 Å². The molecule has 2 heterocycles. The lowest BCUT2D eigenvalue weighted by Crippen LogP contribution is -2.40. The molecule has 1 aromatic carbocycles. The molecule has 0 aliphatic carbocycles. The third kappa shape index (κ3) is 2.73. The van der Waals surface area contributed by atoms with Crippen LogP contribution in [0.15, 0.2) is 32.3 Å². The quantitative estimate of drug-likeness (QED) is 0.880. The van der Waals surface area contributed by atoms with Crippen LogP contribution in [0.3, 0.4) is 0 Å². The molecule has 1 saturated heterocycles. The van der Waals surface area contributed by atoms with Crippen LogP contribution in [0.5, 0.6) is 0 Å². The van der Waals surface area contributed by atoms with Gasteiger partial charge in [0.2, 0.25) is 10.0 Å². The molecule has 0 saturated carbocycles. The molecule has 0 atom stereocenters. The van der Waals surface area contributed by atoms with Crippen LogP contribution in [0.25, 0.3) is 11.1 Å². The predicted octanol–water partition coefficient (Wildman–Crippen LogP) is 1.10. The summed E-state index contributed by atoms with van der Waals surface area (Å²) in [7, 11) is -3.74. The van der Waals surface area contributed by atoms with Crippen molar-refractivity contribution in [2.24, 2.45) is 5.92 Å². The Morgan fingerprint density at radius 3 is 2.58 bits per heavy atom. The number of hydrogen-bond acceptors (Lipinski definition) is 5. The summed E-state index contributed by atoms with van der Waals surface area (Å²) < 4.78 is 33.3. The molecular weight excluding hydrogens is 336 g/mol. The van der Waals surface area contributed by atoms with E-state index in [1.165, 1.54) is 21.0 Å². The summed E-state index contributed by atoms with van der Waals surface area (Å²) in [6.07, 6.45) is 0.580. The first-order valence-corrected chi connectivity index (χ1v) is 9.15. The summed E-state index contributed by atoms with van der Waals surface area (Å²) in [5, 5.41) is 9.00. The average Bonchev–Trinajstić information content (AvgIpc) is 2.88. The van der Waals surface area contributed by atoms with Gasteiger partial charge in [0.15, 0.2) is 5.58 Å². The highest BCUT2D eigenvalue weighted by atomic mass is 32.2. The molecule has 3 rings (SSSR count). The highest BCUT2D eigenvalue weighted by molar-refractivity contribution is 7.89. The first-order valence-electron chi connectivity index (χ1n) is 7.71. The van der Waals surface area contributed by atoms with Gasteiger partial charge in [-0.1, -0.05) is 0 Å². The Morgan fingerprint density at radius 2 is 2.00 bits per heavy atom. The summed E-state index contributed by atoms with van der Waals surface area (Å²) in [5.74, 6) is -1.92. The van der Waals surface area contributed by atoms with Crippen molar-refractivity contribution < 1.29 is 22.7 Å². The molecule has 0 unspecified atom stereocenters. The van der Waals surface area contributed by atoms with E-state index in [-0.39, 0.29) is 36.4 Å². The third-order valence-corrected chi connectivity index (χ3v) is 6.29. The van der Waals surface area contributed by atoms with Gasteiger partial charge in [0.05, 0.1) is 16.3 Å². The van der Waals surface area contributed by atoms with Gasteiger partial charge in [0.1, 0.15) is 0 Å². The van der Waals surface area contributed by atoms with E-state index in [1.54, 1.807) is 13.0 Å². The number of carboxylic acids is 1. The Labute approximate surface area is 138 Å². The summed E-state index contributed by atoms with van der Waals surface area (Å²) in [6.45, 7) is 2.56. The zero-order chi connectivity index (χ0) is 17.5. The number of aliphatic carboxylic acids is 1. The Kier molecular flexibility index (Phi) is 4.22. The van der Waals surface area contributed by atoms with Gasteiger partial charge in [-0.25, -0.2) is 13.2 Å². The van der Waals surface area contributed by atoms with Crippen molar-refractivity contribution in [1.29, 1.82) is 0 Å². The van der Waals surface area contributed by atoms with Crippen molar-refractivity contribution in [1.82, 2.24) is 8.87 Å². The smallest absolute Gasteiger partial charge is 0.419 e. The zero-order valence-electron chi connectivity index (χ0n) is 13.1. The molecule has 0 amide bonds. The lowest BCUT2D eigenvalue weighted by Gasteiger charge is -2.29.